The van der Waals surface area contributed by atoms with E-state index in [1.165, 1.54) is 11.3 Å². The van der Waals surface area contributed by atoms with Crippen LogP contribution < -0.4 is 10.6 Å². The van der Waals surface area contributed by atoms with Gasteiger partial charge in [-0.05, 0) is 20.3 Å². The summed E-state index contributed by atoms with van der Waals surface area (Å²) in [4.78, 5) is 27.0. The average Bonchev–Trinajstić information content (AvgIpc) is 2.70. The van der Waals surface area contributed by atoms with Gasteiger partial charge in [0.05, 0.1) is 0 Å². The van der Waals surface area contributed by atoms with Crippen molar-refractivity contribution in [3.8, 4) is 0 Å². The number of carboxylic acids is 1. The summed E-state index contributed by atoms with van der Waals surface area (Å²) >= 11 is 1.28. The standard InChI is InChI=1S/C12H19N3O3S/c1-4-7(2)14-9(16)5-6-13-12-15-10(11(17)18)8(3)19-12/h7H,4-6H2,1-3H3,(H,13,15)(H,14,16)(H,17,18). The van der Waals surface area contributed by atoms with Gasteiger partial charge in [-0.15, -0.1) is 11.3 Å². The van der Waals surface area contributed by atoms with Gasteiger partial charge in [0.1, 0.15) is 0 Å². The number of carbonyl (C=O) groups excluding carboxylic acids is 1. The van der Waals surface area contributed by atoms with Crippen molar-refractivity contribution in [2.24, 2.45) is 0 Å². The molecule has 1 aromatic heterocycles. The number of hydrogen-bond donors (Lipinski definition) is 3. The van der Waals surface area contributed by atoms with Crippen LogP contribution in [-0.4, -0.2) is 34.6 Å². The molecule has 0 saturated heterocycles. The molecule has 0 aliphatic heterocycles. The maximum Gasteiger partial charge on any atom is 0.355 e. The number of nitrogens with zero attached hydrogens (tertiary/aromatic N) is 1. The molecule has 6 nitrogen and oxygen atoms in total. The number of thiazole rings is 1. The molecule has 1 rings (SSSR count). The molecular formula is C12H19N3O3S. The van der Waals surface area contributed by atoms with Gasteiger partial charge in [0.2, 0.25) is 5.91 Å². The predicted octanol–water partition coefficient (Wildman–Crippen LogP) is 1.87. The molecule has 106 valence electrons. The van der Waals surface area contributed by atoms with Gasteiger partial charge < -0.3 is 15.7 Å². The summed E-state index contributed by atoms with van der Waals surface area (Å²) in [6.07, 6.45) is 1.23. The largest absolute Gasteiger partial charge is 0.476 e. The molecule has 1 amide bonds. The number of hydrogen-bond acceptors (Lipinski definition) is 5. The molecule has 0 spiro atoms. The SMILES string of the molecule is CCC(C)NC(=O)CCNc1nc(C(=O)O)c(C)s1. The minimum absolute atomic E-state index is 0.0198. The smallest absolute Gasteiger partial charge is 0.355 e. The number of aromatic nitrogens is 1. The van der Waals surface area contributed by atoms with E-state index < -0.39 is 5.97 Å². The first-order chi connectivity index (χ1) is 8.93. The lowest BCUT2D eigenvalue weighted by atomic mass is 10.2. The van der Waals surface area contributed by atoms with Crippen LogP contribution in [0.15, 0.2) is 0 Å². The van der Waals surface area contributed by atoms with Crippen LogP contribution in [0.25, 0.3) is 0 Å². The van der Waals surface area contributed by atoms with Crippen LogP contribution in [0.4, 0.5) is 5.13 Å². The van der Waals surface area contributed by atoms with Gasteiger partial charge in [-0.1, -0.05) is 6.92 Å². The number of carbonyl (C=O) groups is 2. The number of aromatic carboxylic acids is 1. The second-order valence-electron chi connectivity index (χ2n) is 4.28. The lowest BCUT2D eigenvalue weighted by Crippen LogP contribution is -2.32. The average molecular weight is 285 g/mol. The fraction of sp³-hybridized carbons (Fsp3) is 0.583. The third-order valence-corrected chi connectivity index (χ3v) is 3.58. The Bertz CT molecular complexity index is 459. The van der Waals surface area contributed by atoms with E-state index >= 15 is 0 Å². The van der Waals surface area contributed by atoms with Crippen molar-refractivity contribution in [2.45, 2.75) is 39.7 Å². The van der Waals surface area contributed by atoms with Gasteiger partial charge in [-0.3, -0.25) is 4.79 Å². The molecule has 1 atom stereocenters. The number of nitrogens with one attached hydrogen (secondary N) is 2. The van der Waals surface area contributed by atoms with Crippen LogP contribution in [0.1, 0.15) is 42.1 Å². The number of rotatable bonds is 7. The molecule has 0 saturated carbocycles. The van der Waals surface area contributed by atoms with Crippen LogP contribution in [0.5, 0.6) is 0 Å². The van der Waals surface area contributed by atoms with Crippen LogP contribution in [-0.2, 0) is 4.79 Å². The van der Waals surface area contributed by atoms with Crippen LogP contribution in [0.2, 0.25) is 0 Å². The van der Waals surface area contributed by atoms with Crippen molar-refractivity contribution in [3.63, 3.8) is 0 Å². The van der Waals surface area contributed by atoms with E-state index in [0.29, 0.717) is 23.0 Å². The molecular weight excluding hydrogens is 266 g/mol. The Hall–Kier alpha value is -1.63. The molecule has 19 heavy (non-hydrogen) atoms. The van der Waals surface area contributed by atoms with Crippen molar-refractivity contribution >= 4 is 28.3 Å². The minimum atomic E-state index is -1.03. The first-order valence-electron chi connectivity index (χ1n) is 6.18. The highest BCUT2D eigenvalue weighted by Gasteiger charge is 2.14. The fourth-order valence-electron chi connectivity index (χ4n) is 1.40. The van der Waals surface area contributed by atoms with Crippen molar-refractivity contribution in [1.82, 2.24) is 10.3 Å². The summed E-state index contributed by atoms with van der Waals surface area (Å²) < 4.78 is 0. The van der Waals surface area contributed by atoms with Crippen LogP contribution in [0.3, 0.4) is 0 Å². The first kappa shape index (κ1) is 15.4. The van der Waals surface area contributed by atoms with Gasteiger partial charge in [-0.2, -0.15) is 0 Å². The third kappa shape index (κ3) is 4.86. The molecule has 0 fully saturated rings. The summed E-state index contributed by atoms with van der Waals surface area (Å²) in [7, 11) is 0. The topological polar surface area (TPSA) is 91.3 Å². The van der Waals surface area contributed by atoms with Gasteiger partial charge in [0.15, 0.2) is 10.8 Å². The Labute approximate surface area is 116 Å². The van der Waals surface area contributed by atoms with Crippen molar-refractivity contribution in [2.75, 3.05) is 11.9 Å². The second-order valence-corrected chi connectivity index (χ2v) is 5.49. The molecule has 0 bridgehead atoms. The molecule has 0 aromatic carbocycles. The van der Waals surface area contributed by atoms with E-state index in [-0.39, 0.29) is 17.6 Å². The molecule has 1 heterocycles. The second kappa shape index (κ2) is 7.08. The van der Waals surface area contributed by atoms with Crippen molar-refractivity contribution < 1.29 is 14.7 Å². The monoisotopic (exact) mass is 285 g/mol. The zero-order valence-electron chi connectivity index (χ0n) is 11.3. The van der Waals surface area contributed by atoms with E-state index in [1.807, 2.05) is 13.8 Å². The van der Waals surface area contributed by atoms with E-state index in [4.69, 9.17) is 5.11 Å². The summed E-state index contributed by atoms with van der Waals surface area (Å²) in [5.41, 5.74) is 0.0663. The lowest BCUT2D eigenvalue weighted by molar-refractivity contribution is -0.121. The quantitative estimate of drug-likeness (QED) is 0.711. The molecule has 1 aromatic rings. The van der Waals surface area contributed by atoms with E-state index in [2.05, 4.69) is 15.6 Å². The van der Waals surface area contributed by atoms with Gasteiger partial charge in [0, 0.05) is 23.9 Å². The Morgan fingerprint density at radius 3 is 2.68 bits per heavy atom. The normalized spacial score (nSPS) is 11.9. The van der Waals surface area contributed by atoms with E-state index in [1.54, 1.807) is 6.92 Å². The van der Waals surface area contributed by atoms with Crippen molar-refractivity contribution in [3.05, 3.63) is 10.6 Å². The summed E-state index contributed by atoms with van der Waals surface area (Å²) in [6, 6.07) is 0.174. The zero-order valence-corrected chi connectivity index (χ0v) is 12.1. The Morgan fingerprint density at radius 1 is 1.47 bits per heavy atom. The summed E-state index contributed by atoms with van der Waals surface area (Å²) in [5, 5.41) is 15.2. The Kier molecular flexibility index (Phi) is 5.75. The zero-order chi connectivity index (χ0) is 14.4. The molecule has 1 unspecified atom stereocenters. The van der Waals surface area contributed by atoms with Crippen molar-refractivity contribution in [1.29, 1.82) is 0 Å². The summed E-state index contributed by atoms with van der Waals surface area (Å²) in [6.45, 7) is 6.11. The number of amides is 1. The van der Waals surface area contributed by atoms with Gasteiger partial charge >= 0.3 is 5.97 Å². The van der Waals surface area contributed by atoms with Crippen LogP contribution in [0, 0.1) is 6.92 Å². The fourth-order valence-corrected chi connectivity index (χ4v) is 2.23. The number of carboxylic acid groups (broad SMARTS) is 1. The molecule has 0 aliphatic carbocycles. The molecule has 0 radical (unpaired) electrons. The highest BCUT2D eigenvalue weighted by Crippen LogP contribution is 2.21. The third-order valence-electron chi connectivity index (χ3n) is 2.65. The molecule has 7 heteroatoms. The predicted molar refractivity (Wildman–Crippen MR) is 74.8 cm³/mol. The minimum Gasteiger partial charge on any atom is -0.476 e. The highest BCUT2D eigenvalue weighted by atomic mass is 32.1. The maximum atomic E-state index is 11.5. The Morgan fingerprint density at radius 2 is 2.16 bits per heavy atom. The van der Waals surface area contributed by atoms with Gasteiger partial charge in [-0.25, -0.2) is 9.78 Å². The summed E-state index contributed by atoms with van der Waals surface area (Å²) in [5.74, 6) is -1.05. The first-order valence-corrected chi connectivity index (χ1v) is 6.99. The van der Waals surface area contributed by atoms with E-state index in [0.717, 1.165) is 6.42 Å². The van der Waals surface area contributed by atoms with Gasteiger partial charge in [0.25, 0.3) is 0 Å². The molecule has 0 aliphatic rings. The van der Waals surface area contributed by atoms with Crippen LogP contribution >= 0.6 is 11.3 Å². The molecule has 3 N–H and O–H groups in total. The maximum absolute atomic E-state index is 11.5. The highest BCUT2D eigenvalue weighted by molar-refractivity contribution is 7.15. The lowest BCUT2D eigenvalue weighted by Gasteiger charge is -2.11. The number of anilines is 1. The Balaban J connectivity index is 2.39. The number of aryl methyl sites for hydroxylation is 1. The van der Waals surface area contributed by atoms with E-state index in [9.17, 15) is 9.59 Å².